The molecule has 2 nitrogen and oxygen atoms in total. The summed E-state index contributed by atoms with van der Waals surface area (Å²) in [6, 6.07) is 18.0. The molecule has 0 amide bonds. The lowest BCUT2D eigenvalue weighted by atomic mass is 9.81. The van der Waals surface area contributed by atoms with Crippen molar-refractivity contribution in [2.75, 3.05) is 18.0 Å². The van der Waals surface area contributed by atoms with E-state index in [1.165, 1.54) is 109 Å². The summed E-state index contributed by atoms with van der Waals surface area (Å²) in [7, 11) is 0. The molecule has 0 bridgehead atoms. The Morgan fingerprint density at radius 3 is 2.11 bits per heavy atom. The van der Waals surface area contributed by atoms with Crippen molar-refractivity contribution in [3.63, 3.8) is 0 Å². The highest BCUT2D eigenvalue weighted by molar-refractivity contribution is 6.33. The molecular formula is C43H58ClN2+. The highest BCUT2D eigenvalue weighted by atomic mass is 35.5. The van der Waals surface area contributed by atoms with E-state index in [-0.39, 0.29) is 10.8 Å². The summed E-state index contributed by atoms with van der Waals surface area (Å²) in [5.41, 5.74) is 10.8. The fourth-order valence-corrected chi connectivity index (χ4v) is 8.19. The van der Waals surface area contributed by atoms with E-state index >= 15 is 0 Å². The number of nitrogens with zero attached hydrogens (tertiary/aromatic N) is 2. The Morgan fingerprint density at radius 1 is 0.717 bits per heavy atom. The molecule has 2 aliphatic heterocycles. The molecule has 0 atom stereocenters. The second-order valence-electron chi connectivity index (χ2n) is 14.7. The molecule has 0 saturated carbocycles. The standard InChI is InChI=1S/C43H58ClN2/c1-7-9-11-13-19-31-45-37-23-17-15-21-35(37)42(3,4)39(45)29-27-33-25-26-34(41(33)44)28-30-40-43(5,6)36-22-16-18-24-38(36)46(40)32-20-14-12-10-8-2/h15-18,21-24,27-30H,7-14,19-20,25-26,31-32H2,1-6H3/q+1. The van der Waals surface area contributed by atoms with Crippen LogP contribution in [0.4, 0.5) is 11.4 Å². The number of benzene rings is 2. The van der Waals surface area contributed by atoms with E-state index in [0.717, 1.165) is 31.0 Å². The summed E-state index contributed by atoms with van der Waals surface area (Å²) >= 11 is 7.17. The summed E-state index contributed by atoms with van der Waals surface area (Å²) in [6.07, 6.45) is 24.3. The van der Waals surface area contributed by atoms with Crippen LogP contribution in [0.15, 0.2) is 94.7 Å². The van der Waals surface area contributed by atoms with Crippen LogP contribution >= 0.6 is 11.6 Å². The Labute approximate surface area is 285 Å². The van der Waals surface area contributed by atoms with E-state index < -0.39 is 0 Å². The molecule has 0 N–H and O–H groups in total. The first-order valence-corrected chi connectivity index (χ1v) is 18.7. The zero-order chi connectivity index (χ0) is 32.7. The van der Waals surface area contributed by atoms with Gasteiger partial charge in [-0.05, 0) is 68.4 Å². The molecule has 3 heteroatoms. The van der Waals surface area contributed by atoms with Crippen molar-refractivity contribution in [1.82, 2.24) is 0 Å². The molecule has 2 aromatic carbocycles. The average Bonchev–Trinajstić information content (AvgIpc) is 3.58. The van der Waals surface area contributed by atoms with Crippen molar-refractivity contribution in [3.05, 3.63) is 106 Å². The van der Waals surface area contributed by atoms with Crippen molar-refractivity contribution < 1.29 is 4.58 Å². The lowest BCUT2D eigenvalue weighted by Gasteiger charge is -2.27. The van der Waals surface area contributed by atoms with Gasteiger partial charge in [-0.3, -0.25) is 0 Å². The zero-order valence-corrected chi connectivity index (χ0v) is 30.4. The number of hydrogen-bond acceptors (Lipinski definition) is 1. The Bertz CT molecular complexity index is 1530. The summed E-state index contributed by atoms with van der Waals surface area (Å²) in [5.74, 6) is 0. The first-order valence-electron chi connectivity index (χ1n) is 18.3. The Morgan fingerprint density at radius 2 is 1.37 bits per heavy atom. The van der Waals surface area contributed by atoms with Gasteiger partial charge in [0.1, 0.15) is 6.54 Å². The zero-order valence-electron chi connectivity index (χ0n) is 29.6. The number of allylic oxidation sites excluding steroid dienone is 8. The van der Waals surface area contributed by atoms with Gasteiger partial charge in [0.2, 0.25) is 5.69 Å². The van der Waals surface area contributed by atoms with Gasteiger partial charge in [-0.25, -0.2) is 0 Å². The van der Waals surface area contributed by atoms with Crippen LogP contribution in [0.25, 0.3) is 0 Å². The molecule has 0 saturated heterocycles. The fourth-order valence-electron chi connectivity index (χ4n) is 7.88. The third kappa shape index (κ3) is 7.18. The molecule has 0 radical (unpaired) electrons. The molecule has 0 spiro atoms. The maximum Gasteiger partial charge on any atom is 0.209 e. The predicted octanol–water partition coefficient (Wildman–Crippen LogP) is 12.5. The van der Waals surface area contributed by atoms with Crippen molar-refractivity contribution in [1.29, 1.82) is 0 Å². The van der Waals surface area contributed by atoms with E-state index in [1.807, 2.05) is 0 Å². The number of para-hydroxylation sites is 2. The molecule has 0 fully saturated rings. The normalized spacial score (nSPS) is 20.2. The van der Waals surface area contributed by atoms with Crippen LogP contribution in [0.5, 0.6) is 0 Å². The molecule has 2 aromatic rings. The summed E-state index contributed by atoms with van der Waals surface area (Å²) in [6.45, 7) is 16.2. The van der Waals surface area contributed by atoms with E-state index in [1.54, 1.807) is 0 Å². The van der Waals surface area contributed by atoms with E-state index in [0.29, 0.717) is 0 Å². The number of halogens is 1. The first kappa shape index (κ1) is 34.5. The van der Waals surface area contributed by atoms with Crippen LogP contribution < -0.4 is 4.90 Å². The van der Waals surface area contributed by atoms with E-state index in [2.05, 4.69) is 124 Å². The number of unbranched alkanes of at least 4 members (excludes halogenated alkanes) is 8. The van der Waals surface area contributed by atoms with Crippen molar-refractivity contribution in [2.45, 2.75) is 129 Å². The van der Waals surface area contributed by atoms with Crippen molar-refractivity contribution >= 4 is 28.7 Å². The SMILES string of the molecule is CCCCCCCN1C(=CC=C2CCC(C=CC3=[N+](CCCCCCC)c4ccccc4C3(C)C)=C2Cl)C(C)(C)c2ccccc21. The number of rotatable bonds is 15. The maximum atomic E-state index is 7.17. The number of fused-ring (bicyclic) bond motifs is 2. The van der Waals surface area contributed by atoms with Gasteiger partial charge in [0.25, 0.3) is 0 Å². The van der Waals surface area contributed by atoms with Crippen LogP contribution in [0, 0.1) is 0 Å². The minimum atomic E-state index is -0.0334. The molecule has 3 aliphatic rings. The van der Waals surface area contributed by atoms with Gasteiger partial charge in [0.05, 0.1) is 5.41 Å². The Balaban J connectivity index is 1.39. The summed E-state index contributed by atoms with van der Waals surface area (Å²) < 4.78 is 2.58. The van der Waals surface area contributed by atoms with Crippen molar-refractivity contribution in [3.8, 4) is 0 Å². The largest absolute Gasteiger partial charge is 0.344 e. The molecule has 0 unspecified atom stereocenters. The van der Waals surface area contributed by atoms with Crippen LogP contribution in [0.2, 0.25) is 0 Å². The number of hydrogen-bond donors (Lipinski definition) is 0. The van der Waals surface area contributed by atoms with Gasteiger partial charge in [-0.1, -0.05) is 133 Å². The molecule has 46 heavy (non-hydrogen) atoms. The minimum Gasteiger partial charge on any atom is -0.344 e. The molecule has 5 rings (SSSR count). The Hall–Kier alpha value is -2.84. The minimum absolute atomic E-state index is 0.0334. The Kier molecular flexibility index (Phi) is 11.5. The van der Waals surface area contributed by atoms with Gasteiger partial charge >= 0.3 is 0 Å². The van der Waals surface area contributed by atoms with Gasteiger partial charge in [0.15, 0.2) is 5.71 Å². The molecule has 2 heterocycles. The van der Waals surface area contributed by atoms with Crippen molar-refractivity contribution in [2.24, 2.45) is 0 Å². The number of anilines is 1. The van der Waals surface area contributed by atoms with Crippen LogP contribution in [-0.4, -0.2) is 23.4 Å². The molecule has 0 aromatic heterocycles. The second kappa shape index (κ2) is 15.4. The third-order valence-electron chi connectivity index (χ3n) is 10.7. The van der Waals surface area contributed by atoms with Crippen LogP contribution in [0.1, 0.15) is 130 Å². The third-order valence-corrected chi connectivity index (χ3v) is 11.2. The van der Waals surface area contributed by atoms with E-state index in [4.69, 9.17) is 11.6 Å². The lowest BCUT2D eigenvalue weighted by molar-refractivity contribution is -0.438. The molecule has 1 aliphatic carbocycles. The van der Waals surface area contributed by atoms with Gasteiger partial charge in [-0.2, -0.15) is 4.58 Å². The smallest absolute Gasteiger partial charge is 0.209 e. The molecule has 246 valence electrons. The fraction of sp³-hybridized carbons (Fsp3) is 0.512. The van der Waals surface area contributed by atoms with Gasteiger partial charge in [0, 0.05) is 52.5 Å². The van der Waals surface area contributed by atoms with Crippen LogP contribution in [-0.2, 0) is 10.8 Å². The quantitative estimate of drug-likeness (QED) is 0.139. The van der Waals surface area contributed by atoms with Gasteiger partial charge < -0.3 is 4.90 Å². The first-order chi connectivity index (χ1) is 22.2. The lowest BCUT2D eigenvalue weighted by Crippen LogP contribution is -2.28. The highest BCUT2D eigenvalue weighted by Gasteiger charge is 2.44. The van der Waals surface area contributed by atoms with Gasteiger partial charge in [-0.15, -0.1) is 0 Å². The predicted molar refractivity (Wildman–Crippen MR) is 201 cm³/mol. The monoisotopic (exact) mass is 637 g/mol. The van der Waals surface area contributed by atoms with E-state index in [9.17, 15) is 0 Å². The topological polar surface area (TPSA) is 6.25 Å². The summed E-state index contributed by atoms with van der Waals surface area (Å²) in [5, 5.41) is 0.938. The highest BCUT2D eigenvalue weighted by Crippen LogP contribution is 2.48. The maximum absolute atomic E-state index is 7.17. The molecular weight excluding hydrogens is 580 g/mol. The van der Waals surface area contributed by atoms with Crippen LogP contribution in [0.3, 0.4) is 0 Å². The average molecular weight is 638 g/mol. The summed E-state index contributed by atoms with van der Waals surface area (Å²) in [4.78, 5) is 2.58. The second-order valence-corrected chi connectivity index (χ2v) is 15.1.